The van der Waals surface area contributed by atoms with Gasteiger partial charge in [0.1, 0.15) is 5.60 Å². The highest BCUT2D eigenvalue weighted by atomic mass is 16.5. The summed E-state index contributed by atoms with van der Waals surface area (Å²) in [6.07, 6.45) is 6.20. The van der Waals surface area contributed by atoms with Crippen LogP contribution in [-0.2, 0) is 15.9 Å². The van der Waals surface area contributed by atoms with Crippen LogP contribution in [0.1, 0.15) is 64.1 Å². The highest BCUT2D eigenvalue weighted by Gasteiger charge is 2.40. The molecule has 1 aliphatic carbocycles. The van der Waals surface area contributed by atoms with Crippen LogP contribution in [-0.4, -0.2) is 17.3 Å². The number of hydrogen-bond donors (Lipinski definition) is 1. The molecule has 1 saturated carbocycles. The normalized spacial score (nSPS) is 22.7. The third kappa shape index (κ3) is 2.29. The summed E-state index contributed by atoms with van der Waals surface area (Å²) in [5, 5.41) is 4.11. The molecule has 1 aliphatic rings. The van der Waals surface area contributed by atoms with Gasteiger partial charge in [0, 0.05) is 7.11 Å². The molecule has 0 aromatic carbocycles. The van der Waals surface area contributed by atoms with Crippen LogP contribution in [0.25, 0.3) is 0 Å². The first kappa shape index (κ1) is 13.5. The number of nitrogens with zero attached hydrogens (tertiary/aromatic N) is 2. The third-order valence-corrected chi connectivity index (χ3v) is 4.11. The molecule has 1 fully saturated rings. The second-order valence-electron chi connectivity index (χ2n) is 5.45. The van der Waals surface area contributed by atoms with Crippen LogP contribution in [0, 0.1) is 0 Å². The molecule has 1 atom stereocenters. The molecule has 0 radical (unpaired) electrons. The third-order valence-electron chi connectivity index (χ3n) is 4.11. The number of aromatic nitrogens is 2. The maximum atomic E-state index is 6.13. The van der Waals surface area contributed by atoms with Gasteiger partial charge < -0.3 is 15.0 Å². The number of methoxy groups -OCH3 is 1. The summed E-state index contributed by atoms with van der Waals surface area (Å²) in [4.78, 5) is 4.49. The summed E-state index contributed by atoms with van der Waals surface area (Å²) in [7, 11) is 1.73. The van der Waals surface area contributed by atoms with Gasteiger partial charge in [0.05, 0.1) is 5.54 Å². The molecule has 1 heterocycles. The molecule has 1 aromatic rings. The van der Waals surface area contributed by atoms with Crippen molar-refractivity contribution in [2.24, 2.45) is 5.73 Å². The summed E-state index contributed by atoms with van der Waals surface area (Å²) in [6, 6.07) is 0. The zero-order valence-corrected chi connectivity index (χ0v) is 11.5. The first-order valence-electron chi connectivity index (χ1n) is 6.73. The van der Waals surface area contributed by atoms with Gasteiger partial charge in [-0.05, 0) is 26.2 Å². The number of hydrogen-bond acceptors (Lipinski definition) is 5. The Morgan fingerprint density at radius 3 is 2.61 bits per heavy atom. The van der Waals surface area contributed by atoms with E-state index in [2.05, 4.69) is 10.1 Å². The van der Waals surface area contributed by atoms with Crippen molar-refractivity contribution in [1.82, 2.24) is 10.1 Å². The van der Waals surface area contributed by atoms with E-state index < -0.39 is 5.54 Å². The van der Waals surface area contributed by atoms with E-state index in [1.807, 2.05) is 13.8 Å². The lowest BCUT2D eigenvalue weighted by molar-refractivity contribution is -0.0527. The molecule has 2 rings (SSSR count). The van der Waals surface area contributed by atoms with Gasteiger partial charge in [0.25, 0.3) is 0 Å². The van der Waals surface area contributed by atoms with Crippen molar-refractivity contribution in [3.63, 3.8) is 0 Å². The molecule has 0 spiro atoms. The molecule has 5 heteroatoms. The van der Waals surface area contributed by atoms with Crippen molar-refractivity contribution in [2.75, 3.05) is 7.11 Å². The van der Waals surface area contributed by atoms with Gasteiger partial charge in [-0.15, -0.1) is 0 Å². The summed E-state index contributed by atoms with van der Waals surface area (Å²) in [5.41, 5.74) is 5.20. The van der Waals surface area contributed by atoms with Gasteiger partial charge in [-0.3, -0.25) is 0 Å². The number of nitrogens with two attached hydrogens (primary N) is 1. The summed E-state index contributed by atoms with van der Waals surface area (Å²) in [6.45, 7) is 3.92. The van der Waals surface area contributed by atoms with Gasteiger partial charge in [-0.2, -0.15) is 4.98 Å². The quantitative estimate of drug-likeness (QED) is 0.892. The molecule has 102 valence electrons. The number of rotatable bonds is 4. The van der Waals surface area contributed by atoms with Crippen LogP contribution in [0.5, 0.6) is 0 Å². The predicted octanol–water partition coefficient (Wildman–Crippen LogP) is 2.46. The van der Waals surface area contributed by atoms with Gasteiger partial charge in [-0.25, -0.2) is 0 Å². The lowest BCUT2D eigenvalue weighted by Gasteiger charge is -2.32. The van der Waals surface area contributed by atoms with Gasteiger partial charge in [-0.1, -0.05) is 31.3 Å². The molecule has 0 saturated heterocycles. The predicted molar refractivity (Wildman–Crippen MR) is 67.9 cm³/mol. The standard InChI is InChI=1S/C13H23N3O2/c1-4-12(2,14)11-15-10(16-18-11)13(17-3)8-6-5-7-9-13/h4-9,14H2,1-3H3. The van der Waals surface area contributed by atoms with Crippen molar-refractivity contribution in [2.45, 2.75) is 63.5 Å². The molecular formula is C13H23N3O2. The van der Waals surface area contributed by atoms with Crippen LogP contribution in [0.2, 0.25) is 0 Å². The van der Waals surface area contributed by atoms with E-state index in [0.717, 1.165) is 32.1 Å². The first-order chi connectivity index (χ1) is 8.54. The zero-order chi connectivity index (χ0) is 13.2. The van der Waals surface area contributed by atoms with E-state index in [1.54, 1.807) is 7.11 Å². The molecule has 18 heavy (non-hydrogen) atoms. The second kappa shape index (κ2) is 4.97. The molecule has 0 amide bonds. The molecule has 1 aromatic heterocycles. The van der Waals surface area contributed by atoms with Crippen molar-refractivity contribution in [3.8, 4) is 0 Å². The minimum absolute atomic E-state index is 0.371. The Morgan fingerprint density at radius 2 is 2.06 bits per heavy atom. The monoisotopic (exact) mass is 253 g/mol. The van der Waals surface area contributed by atoms with Gasteiger partial charge in [0.15, 0.2) is 0 Å². The Labute approximate surface area is 108 Å². The average Bonchev–Trinajstić information content (AvgIpc) is 2.90. The van der Waals surface area contributed by atoms with E-state index in [1.165, 1.54) is 6.42 Å². The lowest BCUT2D eigenvalue weighted by Crippen LogP contribution is -2.34. The Bertz CT molecular complexity index is 395. The van der Waals surface area contributed by atoms with Crippen molar-refractivity contribution < 1.29 is 9.26 Å². The van der Waals surface area contributed by atoms with E-state index in [-0.39, 0.29) is 5.60 Å². The van der Waals surface area contributed by atoms with Gasteiger partial charge in [0.2, 0.25) is 11.7 Å². The van der Waals surface area contributed by atoms with Crippen LogP contribution in [0.4, 0.5) is 0 Å². The summed E-state index contributed by atoms with van der Waals surface area (Å²) in [5.74, 6) is 1.16. The zero-order valence-electron chi connectivity index (χ0n) is 11.5. The van der Waals surface area contributed by atoms with E-state index in [4.69, 9.17) is 15.0 Å². The molecule has 5 nitrogen and oxygen atoms in total. The highest BCUT2D eigenvalue weighted by molar-refractivity contribution is 5.07. The van der Waals surface area contributed by atoms with E-state index in [9.17, 15) is 0 Å². The first-order valence-corrected chi connectivity index (χ1v) is 6.73. The minimum atomic E-state index is -0.561. The SMILES string of the molecule is CCC(C)(N)c1nc(C2(OC)CCCCC2)no1. The highest BCUT2D eigenvalue weighted by Crippen LogP contribution is 2.39. The maximum absolute atomic E-state index is 6.13. The lowest BCUT2D eigenvalue weighted by atomic mass is 9.84. The Balaban J connectivity index is 2.28. The van der Waals surface area contributed by atoms with Crippen LogP contribution >= 0.6 is 0 Å². The Hall–Kier alpha value is -0.940. The summed E-state index contributed by atoms with van der Waals surface area (Å²) < 4.78 is 11.0. The van der Waals surface area contributed by atoms with Crippen molar-refractivity contribution in [1.29, 1.82) is 0 Å². The Morgan fingerprint density at radius 1 is 1.39 bits per heavy atom. The average molecular weight is 253 g/mol. The minimum Gasteiger partial charge on any atom is -0.370 e. The molecule has 2 N–H and O–H groups in total. The van der Waals surface area contributed by atoms with E-state index in [0.29, 0.717) is 11.7 Å². The summed E-state index contributed by atoms with van der Waals surface area (Å²) >= 11 is 0. The topological polar surface area (TPSA) is 74.2 Å². The van der Waals surface area contributed by atoms with Gasteiger partial charge >= 0.3 is 0 Å². The van der Waals surface area contributed by atoms with Crippen molar-refractivity contribution in [3.05, 3.63) is 11.7 Å². The molecule has 1 unspecified atom stereocenters. The fourth-order valence-electron chi connectivity index (χ4n) is 2.43. The van der Waals surface area contributed by atoms with Crippen LogP contribution < -0.4 is 5.73 Å². The number of ether oxygens (including phenoxy) is 1. The van der Waals surface area contributed by atoms with E-state index >= 15 is 0 Å². The largest absolute Gasteiger partial charge is 0.370 e. The molecule has 0 bridgehead atoms. The second-order valence-corrected chi connectivity index (χ2v) is 5.45. The molecule has 0 aliphatic heterocycles. The fourth-order valence-corrected chi connectivity index (χ4v) is 2.43. The van der Waals surface area contributed by atoms with Crippen molar-refractivity contribution >= 4 is 0 Å². The van der Waals surface area contributed by atoms with Crippen LogP contribution in [0.15, 0.2) is 4.52 Å². The van der Waals surface area contributed by atoms with Crippen LogP contribution in [0.3, 0.4) is 0 Å². The Kier molecular flexibility index (Phi) is 3.73. The molecular weight excluding hydrogens is 230 g/mol. The maximum Gasteiger partial charge on any atom is 0.246 e. The smallest absolute Gasteiger partial charge is 0.246 e. The fraction of sp³-hybridized carbons (Fsp3) is 0.846.